The van der Waals surface area contributed by atoms with Crippen LogP contribution in [0.3, 0.4) is 0 Å². The number of aromatic nitrogens is 2. The van der Waals surface area contributed by atoms with Gasteiger partial charge in [0.1, 0.15) is 5.69 Å². The third-order valence-electron chi connectivity index (χ3n) is 2.32. The number of rotatable bonds is 1. The highest BCUT2D eigenvalue weighted by molar-refractivity contribution is 5.95. The molecule has 66 valence electrons. The van der Waals surface area contributed by atoms with Crippen LogP contribution in [0.4, 0.5) is 0 Å². The van der Waals surface area contributed by atoms with Gasteiger partial charge in [0.05, 0.1) is 5.52 Å². The molecule has 2 rings (SSSR count). The zero-order valence-corrected chi connectivity index (χ0v) is 7.59. The number of H-pyrrole nitrogens is 1. The molecule has 0 radical (unpaired) electrons. The first-order chi connectivity index (χ1) is 6.22. The van der Waals surface area contributed by atoms with E-state index in [1.54, 1.807) is 0 Å². The molecule has 0 bridgehead atoms. The van der Waals surface area contributed by atoms with E-state index in [-0.39, 0.29) is 0 Å². The van der Waals surface area contributed by atoms with Gasteiger partial charge in [-0.25, -0.2) is 0 Å². The van der Waals surface area contributed by atoms with Crippen molar-refractivity contribution in [3.05, 3.63) is 29.0 Å². The van der Waals surface area contributed by atoms with Crippen LogP contribution in [-0.2, 0) is 0 Å². The van der Waals surface area contributed by atoms with Gasteiger partial charge in [0.2, 0.25) is 0 Å². The SMILES string of the molecule is Cc1cc2[nH]nc(C=O)c2cc1C. The molecule has 1 aromatic carbocycles. The molecule has 0 aliphatic carbocycles. The van der Waals surface area contributed by atoms with Gasteiger partial charge in [0, 0.05) is 5.39 Å². The molecule has 1 N–H and O–H groups in total. The molecule has 3 nitrogen and oxygen atoms in total. The van der Waals surface area contributed by atoms with Crippen LogP contribution in [0.25, 0.3) is 10.9 Å². The van der Waals surface area contributed by atoms with Gasteiger partial charge in [-0.3, -0.25) is 9.89 Å². The van der Waals surface area contributed by atoms with Crippen molar-refractivity contribution in [1.82, 2.24) is 10.2 Å². The van der Waals surface area contributed by atoms with E-state index in [2.05, 4.69) is 10.2 Å². The van der Waals surface area contributed by atoms with E-state index >= 15 is 0 Å². The molecule has 1 aromatic heterocycles. The number of aldehydes is 1. The Kier molecular flexibility index (Phi) is 1.65. The predicted octanol–water partition coefficient (Wildman–Crippen LogP) is 1.99. The van der Waals surface area contributed by atoms with E-state index in [4.69, 9.17) is 0 Å². The lowest BCUT2D eigenvalue weighted by Crippen LogP contribution is -1.82. The summed E-state index contributed by atoms with van der Waals surface area (Å²) in [6, 6.07) is 3.99. The van der Waals surface area contributed by atoms with E-state index in [1.807, 2.05) is 26.0 Å². The van der Waals surface area contributed by atoms with Crippen molar-refractivity contribution in [2.45, 2.75) is 13.8 Å². The van der Waals surface area contributed by atoms with Crippen molar-refractivity contribution in [2.75, 3.05) is 0 Å². The molecule has 0 unspecified atom stereocenters. The van der Waals surface area contributed by atoms with Gasteiger partial charge in [-0.15, -0.1) is 0 Å². The highest BCUT2D eigenvalue weighted by Gasteiger charge is 2.05. The fourth-order valence-electron chi connectivity index (χ4n) is 1.39. The number of nitrogens with zero attached hydrogens (tertiary/aromatic N) is 1. The molecule has 0 spiro atoms. The van der Waals surface area contributed by atoms with Crippen molar-refractivity contribution in [3.8, 4) is 0 Å². The van der Waals surface area contributed by atoms with Crippen LogP contribution in [0.1, 0.15) is 21.6 Å². The van der Waals surface area contributed by atoms with Gasteiger partial charge in [-0.05, 0) is 37.1 Å². The van der Waals surface area contributed by atoms with Crippen LogP contribution in [-0.4, -0.2) is 16.5 Å². The minimum absolute atomic E-state index is 0.484. The normalized spacial score (nSPS) is 10.6. The van der Waals surface area contributed by atoms with Crippen LogP contribution in [0.2, 0.25) is 0 Å². The van der Waals surface area contributed by atoms with E-state index in [0.717, 1.165) is 17.2 Å². The lowest BCUT2D eigenvalue weighted by molar-refractivity contribution is 0.112. The molecular weight excluding hydrogens is 164 g/mol. The molecule has 0 amide bonds. The minimum Gasteiger partial charge on any atom is -0.296 e. The maximum atomic E-state index is 10.6. The van der Waals surface area contributed by atoms with Crippen LogP contribution >= 0.6 is 0 Å². The van der Waals surface area contributed by atoms with Gasteiger partial charge in [0.15, 0.2) is 6.29 Å². The topological polar surface area (TPSA) is 45.8 Å². The number of nitrogens with one attached hydrogen (secondary N) is 1. The second-order valence-electron chi connectivity index (χ2n) is 3.21. The van der Waals surface area contributed by atoms with Crippen LogP contribution in [0, 0.1) is 13.8 Å². The first kappa shape index (κ1) is 7.98. The number of aromatic amines is 1. The minimum atomic E-state index is 0.484. The summed E-state index contributed by atoms with van der Waals surface area (Å²) in [5.74, 6) is 0. The second kappa shape index (κ2) is 2.69. The first-order valence-corrected chi connectivity index (χ1v) is 4.13. The van der Waals surface area contributed by atoms with Crippen molar-refractivity contribution < 1.29 is 4.79 Å². The summed E-state index contributed by atoms with van der Waals surface area (Å²) in [4.78, 5) is 10.6. The lowest BCUT2D eigenvalue weighted by atomic mass is 10.1. The molecular formula is C10H10N2O. The third-order valence-corrected chi connectivity index (χ3v) is 2.32. The molecule has 1 heterocycles. The van der Waals surface area contributed by atoms with Crippen molar-refractivity contribution in [2.24, 2.45) is 0 Å². The number of hydrogen-bond donors (Lipinski definition) is 1. The molecule has 3 heteroatoms. The number of aryl methyl sites for hydroxylation is 2. The summed E-state index contributed by atoms with van der Waals surface area (Å²) in [5, 5.41) is 7.63. The summed E-state index contributed by atoms with van der Waals surface area (Å²) in [6.07, 6.45) is 0.771. The summed E-state index contributed by atoms with van der Waals surface area (Å²) < 4.78 is 0. The van der Waals surface area contributed by atoms with Crippen molar-refractivity contribution in [3.63, 3.8) is 0 Å². The molecule has 0 saturated carbocycles. The molecule has 0 aliphatic rings. The van der Waals surface area contributed by atoms with E-state index in [0.29, 0.717) is 5.69 Å². The maximum absolute atomic E-state index is 10.6. The van der Waals surface area contributed by atoms with Crippen molar-refractivity contribution >= 4 is 17.2 Å². The van der Waals surface area contributed by atoms with Gasteiger partial charge < -0.3 is 0 Å². The van der Waals surface area contributed by atoms with Gasteiger partial charge >= 0.3 is 0 Å². The van der Waals surface area contributed by atoms with E-state index in [1.165, 1.54) is 11.1 Å². The number of fused-ring (bicyclic) bond motifs is 1. The van der Waals surface area contributed by atoms with Gasteiger partial charge in [-0.1, -0.05) is 0 Å². The molecule has 0 saturated heterocycles. The van der Waals surface area contributed by atoms with Crippen molar-refractivity contribution in [1.29, 1.82) is 0 Å². The van der Waals surface area contributed by atoms with Crippen LogP contribution in [0.15, 0.2) is 12.1 Å². The number of carbonyl (C=O) groups excluding carboxylic acids is 1. The average Bonchev–Trinajstić information content (AvgIpc) is 2.48. The molecule has 13 heavy (non-hydrogen) atoms. The zero-order chi connectivity index (χ0) is 9.42. The Labute approximate surface area is 75.8 Å². The standard InChI is InChI=1S/C10H10N2O/c1-6-3-8-9(4-7(6)2)11-12-10(8)5-13/h3-5H,1-2H3,(H,11,12). The number of carbonyl (C=O) groups is 1. The summed E-state index contributed by atoms with van der Waals surface area (Å²) in [7, 11) is 0. The van der Waals surface area contributed by atoms with Crippen LogP contribution < -0.4 is 0 Å². The maximum Gasteiger partial charge on any atom is 0.170 e. The Morgan fingerprint density at radius 2 is 2.00 bits per heavy atom. The molecule has 0 fully saturated rings. The zero-order valence-electron chi connectivity index (χ0n) is 7.59. The fraction of sp³-hybridized carbons (Fsp3) is 0.200. The predicted molar refractivity (Wildman–Crippen MR) is 51.0 cm³/mol. The Bertz CT molecular complexity index is 471. The number of benzene rings is 1. The largest absolute Gasteiger partial charge is 0.296 e. The molecule has 0 atom stereocenters. The monoisotopic (exact) mass is 174 g/mol. The van der Waals surface area contributed by atoms with E-state index < -0.39 is 0 Å². The Hall–Kier alpha value is -1.64. The Balaban J connectivity index is 2.84. The average molecular weight is 174 g/mol. The fourth-order valence-corrected chi connectivity index (χ4v) is 1.39. The van der Waals surface area contributed by atoms with Gasteiger partial charge in [-0.2, -0.15) is 5.10 Å². The summed E-state index contributed by atoms with van der Waals surface area (Å²) in [6.45, 7) is 4.06. The van der Waals surface area contributed by atoms with Crippen LogP contribution in [0.5, 0.6) is 0 Å². The lowest BCUT2D eigenvalue weighted by Gasteiger charge is -1.98. The van der Waals surface area contributed by atoms with Gasteiger partial charge in [0.25, 0.3) is 0 Å². The first-order valence-electron chi connectivity index (χ1n) is 4.13. The summed E-state index contributed by atoms with van der Waals surface area (Å²) in [5.41, 5.74) is 3.79. The number of hydrogen-bond acceptors (Lipinski definition) is 2. The van der Waals surface area contributed by atoms with E-state index in [9.17, 15) is 4.79 Å². The highest BCUT2D eigenvalue weighted by Crippen LogP contribution is 2.19. The molecule has 2 aromatic rings. The Morgan fingerprint density at radius 3 is 2.69 bits per heavy atom. The quantitative estimate of drug-likeness (QED) is 0.672. The Morgan fingerprint density at radius 1 is 1.31 bits per heavy atom. The summed E-state index contributed by atoms with van der Waals surface area (Å²) >= 11 is 0. The third kappa shape index (κ3) is 1.13. The molecule has 0 aliphatic heterocycles. The second-order valence-corrected chi connectivity index (χ2v) is 3.21. The highest BCUT2D eigenvalue weighted by atomic mass is 16.1. The smallest absolute Gasteiger partial charge is 0.170 e.